The highest BCUT2D eigenvalue weighted by Crippen LogP contribution is 2.37. The number of fused-ring (bicyclic) bond motifs is 2. The molecular weight excluding hydrogens is 352 g/mol. The molecule has 0 saturated heterocycles. The Bertz CT molecular complexity index is 956. The highest BCUT2D eigenvalue weighted by atomic mass is 32.1. The Morgan fingerprint density at radius 2 is 1.42 bits per heavy atom. The summed E-state index contributed by atoms with van der Waals surface area (Å²) < 4.78 is 22.4. The molecule has 3 aromatic rings. The Hall–Kier alpha value is -2.93. The molecule has 5 rings (SSSR count). The van der Waals surface area contributed by atoms with Crippen molar-refractivity contribution in [2.24, 2.45) is 0 Å². The predicted molar refractivity (Wildman–Crippen MR) is 99.3 cm³/mol. The lowest BCUT2D eigenvalue weighted by Crippen LogP contribution is -2.15. The number of nitrogens with one attached hydrogen (secondary N) is 1. The van der Waals surface area contributed by atoms with Crippen LogP contribution in [0.1, 0.15) is 0 Å². The first-order valence-corrected chi connectivity index (χ1v) is 9.25. The Morgan fingerprint density at radius 3 is 2.19 bits per heavy atom. The van der Waals surface area contributed by atoms with Gasteiger partial charge in [-0.05, 0) is 30.3 Å². The Kier molecular flexibility index (Phi) is 3.79. The second-order valence-corrected chi connectivity index (χ2v) is 6.74. The van der Waals surface area contributed by atoms with Gasteiger partial charge >= 0.3 is 0 Å². The van der Waals surface area contributed by atoms with Crippen molar-refractivity contribution in [2.75, 3.05) is 31.7 Å². The minimum Gasteiger partial charge on any atom is -0.486 e. The van der Waals surface area contributed by atoms with Crippen molar-refractivity contribution in [1.82, 2.24) is 4.98 Å². The molecule has 0 atom stereocenters. The lowest BCUT2D eigenvalue weighted by atomic mass is 10.1. The number of thiazole rings is 1. The molecule has 26 heavy (non-hydrogen) atoms. The van der Waals surface area contributed by atoms with Crippen molar-refractivity contribution in [3.8, 4) is 34.3 Å². The molecule has 0 spiro atoms. The lowest BCUT2D eigenvalue weighted by molar-refractivity contribution is 0.171. The van der Waals surface area contributed by atoms with E-state index in [0.29, 0.717) is 26.4 Å². The van der Waals surface area contributed by atoms with E-state index < -0.39 is 0 Å². The summed E-state index contributed by atoms with van der Waals surface area (Å²) in [7, 11) is 0. The van der Waals surface area contributed by atoms with Crippen LogP contribution in [-0.2, 0) is 0 Å². The van der Waals surface area contributed by atoms with E-state index in [1.807, 2.05) is 41.8 Å². The van der Waals surface area contributed by atoms with Crippen molar-refractivity contribution in [3.05, 3.63) is 41.8 Å². The number of anilines is 2. The summed E-state index contributed by atoms with van der Waals surface area (Å²) in [5.74, 6) is 3.08. The number of benzene rings is 2. The van der Waals surface area contributed by atoms with Crippen LogP contribution in [0.4, 0.5) is 10.8 Å². The van der Waals surface area contributed by atoms with Crippen LogP contribution < -0.4 is 24.3 Å². The van der Waals surface area contributed by atoms with Gasteiger partial charge in [0.15, 0.2) is 28.1 Å². The molecule has 0 unspecified atom stereocenters. The summed E-state index contributed by atoms with van der Waals surface area (Å²) in [6.45, 7) is 2.32. The topological polar surface area (TPSA) is 61.8 Å². The molecule has 6 nitrogen and oxygen atoms in total. The van der Waals surface area contributed by atoms with Crippen LogP contribution >= 0.6 is 11.3 Å². The fourth-order valence-electron chi connectivity index (χ4n) is 2.91. The molecule has 2 aliphatic heterocycles. The van der Waals surface area contributed by atoms with E-state index in [4.69, 9.17) is 18.9 Å². The van der Waals surface area contributed by atoms with Crippen LogP contribution in [0.15, 0.2) is 41.8 Å². The summed E-state index contributed by atoms with van der Waals surface area (Å²) in [5, 5.41) is 6.15. The molecule has 0 amide bonds. The van der Waals surface area contributed by atoms with Crippen molar-refractivity contribution in [3.63, 3.8) is 0 Å². The van der Waals surface area contributed by atoms with Crippen molar-refractivity contribution in [2.45, 2.75) is 0 Å². The second kappa shape index (κ2) is 6.42. The van der Waals surface area contributed by atoms with Gasteiger partial charge in [-0.15, -0.1) is 11.3 Å². The average Bonchev–Trinajstić information content (AvgIpc) is 3.16. The standard InChI is InChI=1S/C19H16N2O4S/c1-3-15-17(24-7-5-22-15)9-12(1)14-11-26-19(21-14)20-13-2-4-16-18(10-13)25-8-6-23-16/h1-4,9-11H,5-8H2,(H,20,21). The monoisotopic (exact) mass is 368 g/mol. The summed E-state index contributed by atoms with van der Waals surface area (Å²) >= 11 is 1.55. The number of rotatable bonds is 3. The zero-order valence-corrected chi connectivity index (χ0v) is 14.7. The molecule has 2 aromatic carbocycles. The van der Waals surface area contributed by atoms with Crippen LogP contribution in [0, 0.1) is 0 Å². The normalized spacial score (nSPS) is 14.8. The first kappa shape index (κ1) is 15.3. The third kappa shape index (κ3) is 2.90. The maximum absolute atomic E-state index is 5.65. The van der Waals surface area contributed by atoms with E-state index >= 15 is 0 Å². The SMILES string of the molecule is c1cc2c(cc1Nc1nc(-c3ccc4c(c3)OCCO4)cs1)OCCO2. The molecule has 0 bridgehead atoms. The summed E-state index contributed by atoms with van der Waals surface area (Å²) in [5.41, 5.74) is 2.81. The van der Waals surface area contributed by atoms with Gasteiger partial charge in [-0.3, -0.25) is 0 Å². The maximum Gasteiger partial charge on any atom is 0.187 e. The number of ether oxygens (including phenoxy) is 4. The van der Waals surface area contributed by atoms with E-state index in [9.17, 15) is 0 Å². The largest absolute Gasteiger partial charge is 0.486 e. The zero-order valence-electron chi connectivity index (χ0n) is 13.9. The molecule has 0 fully saturated rings. The van der Waals surface area contributed by atoms with Gasteiger partial charge in [0.1, 0.15) is 26.4 Å². The van der Waals surface area contributed by atoms with Crippen LogP contribution in [-0.4, -0.2) is 31.4 Å². The van der Waals surface area contributed by atoms with Gasteiger partial charge in [0.05, 0.1) is 5.69 Å². The number of hydrogen-bond acceptors (Lipinski definition) is 7. The molecule has 3 heterocycles. The van der Waals surface area contributed by atoms with Gasteiger partial charge in [0.25, 0.3) is 0 Å². The molecule has 2 aliphatic rings. The predicted octanol–water partition coefficient (Wildman–Crippen LogP) is 4.10. The highest BCUT2D eigenvalue weighted by molar-refractivity contribution is 7.14. The fraction of sp³-hybridized carbons (Fsp3) is 0.211. The molecule has 132 valence electrons. The minimum absolute atomic E-state index is 0.571. The summed E-state index contributed by atoms with van der Waals surface area (Å²) in [6, 6.07) is 11.7. The number of aromatic nitrogens is 1. The van der Waals surface area contributed by atoms with Crippen LogP contribution in [0.3, 0.4) is 0 Å². The fourth-order valence-corrected chi connectivity index (χ4v) is 3.65. The van der Waals surface area contributed by atoms with Crippen molar-refractivity contribution >= 4 is 22.2 Å². The summed E-state index contributed by atoms with van der Waals surface area (Å²) in [6.07, 6.45) is 0. The first-order valence-electron chi connectivity index (χ1n) is 8.37. The third-order valence-electron chi connectivity index (χ3n) is 4.14. The molecule has 0 saturated carbocycles. The maximum atomic E-state index is 5.65. The van der Waals surface area contributed by atoms with Crippen molar-refractivity contribution in [1.29, 1.82) is 0 Å². The molecule has 1 aromatic heterocycles. The molecule has 0 radical (unpaired) electrons. The highest BCUT2D eigenvalue weighted by Gasteiger charge is 2.15. The van der Waals surface area contributed by atoms with E-state index in [-0.39, 0.29) is 0 Å². The molecule has 7 heteroatoms. The van der Waals surface area contributed by atoms with Gasteiger partial charge in [-0.1, -0.05) is 0 Å². The van der Waals surface area contributed by atoms with Gasteiger partial charge in [-0.2, -0.15) is 0 Å². The Labute approximate surface area is 154 Å². The molecule has 1 N–H and O–H groups in total. The van der Waals surface area contributed by atoms with Gasteiger partial charge in [0.2, 0.25) is 0 Å². The lowest BCUT2D eigenvalue weighted by Gasteiger charge is -2.19. The van der Waals surface area contributed by atoms with E-state index in [1.54, 1.807) is 11.3 Å². The second-order valence-electron chi connectivity index (χ2n) is 5.88. The number of nitrogens with zero attached hydrogens (tertiary/aromatic N) is 1. The number of hydrogen-bond donors (Lipinski definition) is 1. The van der Waals surface area contributed by atoms with Crippen LogP contribution in [0.25, 0.3) is 11.3 Å². The molecule has 0 aliphatic carbocycles. The Balaban J connectivity index is 1.37. The van der Waals surface area contributed by atoms with Gasteiger partial charge < -0.3 is 24.3 Å². The van der Waals surface area contributed by atoms with E-state index in [0.717, 1.165) is 45.1 Å². The van der Waals surface area contributed by atoms with E-state index in [2.05, 4.69) is 10.3 Å². The zero-order chi connectivity index (χ0) is 17.3. The van der Waals surface area contributed by atoms with Crippen LogP contribution in [0.5, 0.6) is 23.0 Å². The smallest absolute Gasteiger partial charge is 0.187 e. The summed E-state index contributed by atoms with van der Waals surface area (Å²) in [4.78, 5) is 4.68. The Morgan fingerprint density at radius 1 is 0.769 bits per heavy atom. The van der Waals surface area contributed by atoms with Crippen LogP contribution in [0.2, 0.25) is 0 Å². The molecular formula is C19H16N2O4S. The average molecular weight is 368 g/mol. The van der Waals surface area contributed by atoms with E-state index in [1.165, 1.54) is 0 Å². The van der Waals surface area contributed by atoms with Gasteiger partial charge in [-0.25, -0.2) is 4.98 Å². The minimum atomic E-state index is 0.571. The van der Waals surface area contributed by atoms with Gasteiger partial charge in [0, 0.05) is 22.7 Å². The quantitative estimate of drug-likeness (QED) is 0.751. The third-order valence-corrected chi connectivity index (χ3v) is 4.89. The van der Waals surface area contributed by atoms with Crippen molar-refractivity contribution < 1.29 is 18.9 Å². The first-order chi connectivity index (χ1) is 12.8.